The second-order valence-electron chi connectivity index (χ2n) is 11.2. The Morgan fingerprint density at radius 2 is 1.24 bits per heavy atom. The lowest BCUT2D eigenvalue weighted by molar-refractivity contribution is 0.362. The molecule has 1 aromatic carbocycles. The summed E-state index contributed by atoms with van der Waals surface area (Å²) in [6.45, 7) is 3.62. The van der Waals surface area contributed by atoms with Gasteiger partial charge in [-0.25, -0.2) is 54.4 Å². The van der Waals surface area contributed by atoms with Crippen molar-refractivity contribution in [1.82, 2.24) is 40.0 Å². The van der Waals surface area contributed by atoms with Crippen molar-refractivity contribution in [2.45, 2.75) is 83.8 Å². The lowest BCUT2D eigenvalue weighted by atomic mass is 9.96. The predicted octanol–water partition coefficient (Wildman–Crippen LogP) is 5.81. The van der Waals surface area contributed by atoms with Crippen LogP contribution in [0.2, 0.25) is 0 Å². The summed E-state index contributed by atoms with van der Waals surface area (Å²) in [7, 11) is 0. The van der Waals surface area contributed by atoms with Gasteiger partial charge in [0.1, 0.15) is 0 Å². The normalized spacial score (nSPS) is 13.6. The maximum absolute atomic E-state index is 12.0. The molecule has 6 aromatic heterocycles. The number of unbranched alkanes of at least 4 members (excludes halogenated alkanes) is 3. The number of hydrogen-bond donors (Lipinski definition) is 0. The molecule has 6 heterocycles. The van der Waals surface area contributed by atoms with Gasteiger partial charge in [0.15, 0.2) is 0 Å². The summed E-state index contributed by atoms with van der Waals surface area (Å²) in [6.07, 6.45) is 21.0. The molecule has 0 unspecified atom stereocenters. The van der Waals surface area contributed by atoms with Crippen LogP contribution in [-0.4, -0.2) is 40.0 Å². The van der Waals surface area contributed by atoms with Crippen molar-refractivity contribution in [2.24, 2.45) is 0 Å². The number of benzene rings is 1. The van der Waals surface area contributed by atoms with Crippen LogP contribution in [0, 0.1) is 0 Å². The molecule has 7 aromatic rings. The molecular formula is C31H37N9O3S3. The van der Waals surface area contributed by atoms with Crippen molar-refractivity contribution >= 4 is 49.5 Å². The Balaban J connectivity index is 0.000000121. The van der Waals surface area contributed by atoms with Gasteiger partial charge < -0.3 is 0 Å². The number of imidazole rings is 3. The quantitative estimate of drug-likeness (QED) is 0.187. The smallest absolute Gasteiger partial charge is 0.246 e. The van der Waals surface area contributed by atoms with Crippen LogP contribution < -0.4 is 17.1 Å². The molecule has 1 aliphatic carbocycles. The predicted molar refractivity (Wildman–Crippen MR) is 184 cm³/mol. The Bertz CT molecular complexity index is 2150. The van der Waals surface area contributed by atoms with Crippen molar-refractivity contribution in [3.05, 3.63) is 105 Å². The standard InChI is InChI=1S/C11H9N3OS.C10H13N3OS.C10H15N3OS/c15-11-13-7-6-12-10(13)16-14(11)8-9-4-2-1-3-5-9;14-10-12-7-6-11-9(12)15-13(10)8-4-2-1-3-5-8;1-2-3-4-5-7-13-10(14)12-8-6-11-9(12)15-13/h1-7H,8H2;6-8H,1-5H2;6,8H,2-5,7H2,1H3. The third-order valence-electron chi connectivity index (χ3n) is 7.91. The molecule has 1 aliphatic rings. The minimum atomic E-state index is -0.0265. The highest BCUT2D eigenvalue weighted by atomic mass is 32.1. The number of hydrogen-bond acceptors (Lipinski definition) is 9. The van der Waals surface area contributed by atoms with Crippen LogP contribution in [0.5, 0.6) is 0 Å². The van der Waals surface area contributed by atoms with E-state index in [-0.39, 0.29) is 17.1 Å². The SMILES string of the molecule is CCCCCCn1sc2nccn2c1=O.O=c1n(C2CCCCC2)sc2nccn12.O=c1n(Cc2ccccc2)sc2nccn12. The third-order valence-corrected chi connectivity index (χ3v) is 11.0. The summed E-state index contributed by atoms with van der Waals surface area (Å²) in [4.78, 5) is 50.3. The van der Waals surface area contributed by atoms with E-state index < -0.39 is 0 Å². The van der Waals surface area contributed by atoms with Crippen LogP contribution in [0.1, 0.15) is 76.3 Å². The highest BCUT2D eigenvalue weighted by Crippen LogP contribution is 2.28. The zero-order chi connectivity index (χ0) is 31.9. The second kappa shape index (κ2) is 15.0. The Kier molecular flexibility index (Phi) is 10.4. The minimum absolute atomic E-state index is 0.0265. The van der Waals surface area contributed by atoms with Crippen LogP contribution in [0.15, 0.2) is 81.9 Å². The van der Waals surface area contributed by atoms with Gasteiger partial charge in [0.25, 0.3) is 0 Å². The van der Waals surface area contributed by atoms with Gasteiger partial charge in [0.05, 0.1) is 6.54 Å². The van der Waals surface area contributed by atoms with Crippen molar-refractivity contribution in [3.8, 4) is 0 Å². The molecule has 46 heavy (non-hydrogen) atoms. The summed E-state index contributed by atoms with van der Waals surface area (Å²) in [5.74, 6) is 0. The van der Waals surface area contributed by atoms with E-state index in [4.69, 9.17) is 0 Å². The van der Waals surface area contributed by atoms with Crippen LogP contribution in [0.3, 0.4) is 0 Å². The first kappa shape index (κ1) is 31.9. The van der Waals surface area contributed by atoms with Crippen molar-refractivity contribution in [2.75, 3.05) is 0 Å². The van der Waals surface area contributed by atoms with E-state index in [0.29, 0.717) is 12.6 Å². The zero-order valence-electron chi connectivity index (χ0n) is 25.7. The lowest BCUT2D eigenvalue weighted by Crippen LogP contribution is -2.24. The van der Waals surface area contributed by atoms with Gasteiger partial charge >= 0.3 is 17.1 Å². The maximum atomic E-state index is 12.0. The first-order chi connectivity index (χ1) is 22.5. The van der Waals surface area contributed by atoms with Crippen molar-refractivity contribution < 1.29 is 0 Å². The van der Waals surface area contributed by atoms with Gasteiger partial charge in [-0.15, -0.1) is 0 Å². The van der Waals surface area contributed by atoms with Crippen molar-refractivity contribution in [3.63, 3.8) is 0 Å². The molecule has 0 N–H and O–H groups in total. The molecule has 0 radical (unpaired) electrons. The van der Waals surface area contributed by atoms with Crippen LogP contribution in [0.4, 0.5) is 0 Å². The molecule has 0 aliphatic heterocycles. The van der Waals surface area contributed by atoms with Crippen LogP contribution in [0.25, 0.3) is 14.9 Å². The highest BCUT2D eigenvalue weighted by molar-refractivity contribution is 7.12. The number of fused-ring (bicyclic) bond motifs is 3. The Morgan fingerprint density at radius 3 is 1.83 bits per heavy atom. The second-order valence-corrected chi connectivity index (χ2v) is 14.1. The van der Waals surface area contributed by atoms with Crippen molar-refractivity contribution in [1.29, 1.82) is 0 Å². The largest absolute Gasteiger partial charge is 0.344 e. The molecule has 8 rings (SSSR count). The fraction of sp³-hybridized carbons (Fsp3) is 0.419. The molecule has 242 valence electrons. The Morgan fingerprint density at radius 1 is 0.674 bits per heavy atom. The average molecular weight is 680 g/mol. The Hall–Kier alpha value is -4.08. The number of rotatable bonds is 8. The number of nitrogens with zero attached hydrogens (tertiary/aromatic N) is 9. The molecule has 0 atom stereocenters. The van der Waals surface area contributed by atoms with Crippen LogP contribution in [-0.2, 0) is 13.1 Å². The first-order valence-corrected chi connectivity index (χ1v) is 18.0. The minimum Gasteiger partial charge on any atom is -0.246 e. The lowest BCUT2D eigenvalue weighted by Gasteiger charge is -2.20. The fourth-order valence-corrected chi connectivity index (χ4v) is 8.34. The van der Waals surface area contributed by atoms with Gasteiger partial charge in [-0.05, 0) is 59.4 Å². The van der Waals surface area contributed by atoms with E-state index in [0.717, 1.165) is 46.3 Å². The van der Waals surface area contributed by atoms with E-state index in [9.17, 15) is 14.4 Å². The first-order valence-electron chi connectivity index (χ1n) is 15.7. The van der Waals surface area contributed by atoms with Gasteiger partial charge in [-0.3, -0.25) is 0 Å². The molecule has 15 heteroatoms. The summed E-state index contributed by atoms with van der Waals surface area (Å²) >= 11 is 4.32. The van der Waals surface area contributed by atoms with E-state index >= 15 is 0 Å². The van der Waals surface area contributed by atoms with E-state index in [2.05, 4.69) is 21.9 Å². The molecule has 0 amide bonds. The zero-order valence-corrected chi connectivity index (χ0v) is 28.1. The average Bonchev–Trinajstić information content (AvgIpc) is 3.93. The summed E-state index contributed by atoms with van der Waals surface area (Å²) in [5, 5.41) is 0. The molecule has 1 saturated carbocycles. The number of aromatic nitrogens is 9. The third kappa shape index (κ3) is 7.16. The molecule has 0 bridgehead atoms. The summed E-state index contributed by atoms with van der Waals surface area (Å²) in [5.41, 5.74) is 1.22. The van der Waals surface area contributed by atoms with E-state index in [1.165, 1.54) is 73.1 Å². The summed E-state index contributed by atoms with van der Waals surface area (Å²) in [6, 6.07) is 10.3. The Labute approximate surface area is 276 Å². The molecule has 0 spiro atoms. The molecule has 1 fully saturated rings. The summed E-state index contributed by atoms with van der Waals surface area (Å²) < 4.78 is 10.2. The highest BCUT2D eigenvalue weighted by Gasteiger charge is 2.19. The molecular weight excluding hydrogens is 643 g/mol. The van der Waals surface area contributed by atoms with Gasteiger partial charge in [0, 0.05) is 49.8 Å². The fourth-order valence-electron chi connectivity index (χ4n) is 5.48. The van der Waals surface area contributed by atoms with E-state index in [1.807, 2.05) is 34.3 Å². The number of aryl methyl sites for hydroxylation is 1. The van der Waals surface area contributed by atoms with Gasteiger partial charge in [-0.2, -0.15) is 0 Å². The van der Waals surface area contributed by atoms with Gasteiger partial charge in [0.2, 0.25) is 14.9 Å². The molecule has 12 nitrogen and oxygen atoms in total. The topological polar surface area (TPSA) is 118 Å². The maximum Gasteiger partial charge on any atom is 0.344 e. The van der Waals surface area contributed by atoms with E-state index in [1.54, 1.807) is 58.3 Å². The van der Waals surface area contributed by atoms with Gasteiger partial charge in [-0.1, -0.05) is 75.8 Å². The molecule has 0 saturated heterocycles. The monoisotopic (exact) mass is 679 g/mol. The van der Waals surface area contributed by atoms with Crippen LogP contribution >= 0.6 is 34.6 Å².